The van der Waals surface area contributed by atoms with Crippen molar-refractivity contribution in [1.29, 1.82) is 0 Å². The maximum atomic E-state index is 12.6. The van der Waals surface area contributed by atoms with E-state index in [9.17, 15) is 24.3 Å². The first-order chi connectivity index (χ1) is 12.4. The monoisotopic (exact) mass is 380 g/mol. The molecule has 3 fully saturated rings. The number of nitrogens with two attached hydrogens (primary N) is 1. The molecule has 3 N–H and O–H groups in total. The highest BCUT2D eigenvalue weighted by Gasteiger charge is 2.51. The minimum Gasteiger partial charge on any atom is -0.477 e. The van der Waals surface area contributed by atoms with E-state index in [0.29, 0.717) is 36.4 Å². The van der Waals surface area contributed by atoms with E-state index in [0.717, 1.165) is 0 Å². The van der Waals surface area contributed by atoms with Crippen molar-refractivity contribution < 1.29 is 29.0 Å². The molecule has 3 saturated heterocycles. The molecule has 0 radical (unpaired) electrons. The fourth-order valence-electron chi connectivity index (χ4n) is 3.43. The second kappa shape index (κ2) is 6.02. The number of hydrogen-bond donors (Lipinski definition) is 2. The highest BCUT2D eigenvalue weighted by Crippen LogP contribution is 2.40. The molecule has 0 unspecified atom stereocenters. The lowest BCUT2D eigenvalue weighted by atomic mass is 10.0. The number of amides is 3. The first-order valence-electron chi connectivity index (χ1n) is 8.03. The van der Waals surface area contributed by atoms with Crippen LogP contribution in [0.25, 0.3) is 0 Å². The molecule has 0 aromatic heterocycles. The third-order valence-electron chi connectivity index (χ3n) is 4.72. The number of rotatable bonds is 3. The van der Waals surface area contributed by atoms with Crippen molar-refractivity contribution >= 4 is 35.6 Å². The molecule has 4 aliphatic heterocycles. The summed E-state index contributed by atoms with van der Waals surface area (Å²) >= 11 is 1.37. The first kappa shape index (κ1) is 16.9. The smallest absolute Gasteiger partial charge is 0.429 e. The topological polar surface area (TPSA) is 133 Å². The number of hydrogen-bond acceptors (Lipinski definition) is 7. The van der Waals surface area contributed by atoms with Crippen LogP contribution in [0, 0.1) is 0 Å². The molecule has 0 aromatic rings. The van der Waals surface area contributed by atoms with Gasteiger partial charge in [-0.2, -0.15) is 0 Å². The number of carboxylic acid groups (broad SMARTS) is 1. The van der Waals surface area contributed by atoms with Crippen LogP contribution in [0.3, 0.4) is 0 Å². The van der Waals surface area contributed by atoms with Gasteiger partial charge in [-0.3, -0.25) is 14.5 Å². The molecule has 0 aliphatic carbocycles. The summed E-state index contributed by atoms with van der Waals surface area (Å²) in [4.78, 5) is 49.1. The highest BCUT2D eigenvalue weighted by molar-refractivity contribution is 8.00. The van der Waals surface area contributed by atoms with Gasteiger partial charge in [0.15, 0.2) is 0 Å². The quantitative estimate of drug-likeness (QED) is 0.475. The Kier molecular flexibility index (Phi) is 3.92. The first-order valence-corrected chi connectivity index (χ1v) is 9.08. The number of β-lactam (4-membered cyclic amide) rings is 1. The number of carbonyl (C=O) groups is 4. The number of fused-ring (bicyclic) bond motifs is 1. The highest BCUT2D eigenvalue weighted by atomic mass is 32.2. The van der Waals surface area contributed by atoms with Gasteiger partial charge >= 0.3 is 12.1 Å². The van der Waals surface area contributed by atoms with E-state index in [1.807, 2.05) is 0 Å². The summed E-state index contributed by atoms with van der Waals surface area (Å²) < 4.78 is 4.84. The third kappa shape index (κ3) is 2.38. The average molecular weight is 380 g/mol. The summed E-state index contributed by atoms with van der Waals surface area (Å²) in [5, 5.41) is 11.7. The maximum Gasteiger partial charge on any atom is 0.429 e. The number of carbonyl (C=O) groups excluding carboxylic acids is 3. The summed E-state index contributed by atoms with van der Waals surface area (Å²) in [7, 11) is 0. The van der Waals surface area contributed by atoms with Crippen LogP contribution >= 0.6 is 11.8 Å². The van der Waals surface area contributed by atoms with Gasteiger partial charge in [-0.25, -0.2) is 19.6 Å². The molecule has 0 aromatic carbocycles. The van der Waals surface area contributed by atoms with Gasteiger partial charge in [0.1, 0.15) is 23.7 Å². The predicted molar refractivity (Wildman–Crippen MR) is 88.2 cm³/mol. The molecular weight excluding hydrogens is 364 g/mol. The lowest BCUT2D eigenvalue weighted by molar-refractivity contribution is -0.147. The fourth-order valence-corrected chi connectivity index (χ4v) is 4.68. The molecule has 138 valence electrons. The van der Waals surface area contributed by atoms with E-state index in [4.69, 9.17) is 10.5 Å². The molecule has 4 aliphatic rings. The van der Waals surface area contributed by atoms with E-state index in [2.05, 4.69) is 0 Å². The van der Waals surface area contributed by atoms with Crippen LogP contribution in [0.15, 0.2) is 22.9 Å². The number of thioether (sulfide) groups is 1. The lowest BCUT2D eigenvalue weighted by Crippen LogP contribution is -2.68. The average Bonchev–Trinajstić information content (AvgIpc) is 3.19. The molecule has 0 saturated carbocycles. The molecule has 10 nitrogen and oxygen atoms in total. The molecule has 0 spiro atoms. The van der Waals surface area contributed by atoms with Gasteiger partial charge in [0, 0.05) is 17.9 Å². The van der Waals surface area contributed by atoms with E-state index in [1.54, 1.807) is 0 Å². The van der Waals surface area contributed by atoms with Gasteiger partial charge in [-0.05, 0) is 18.1 Å². The zero-order valence-corrected chi connectivity index (χ0v) is 14.4. The molecule has 11 heteroatoms. The number of cyclic esters (lactones) is 1. The fraction of sp³-hybridized carbons (Fsp3) is 0.467. The number of aliphatic carboxylic acids is 1. The summed E-state index contributed by atoms with van der Waals surface area (Å²) in [6, 6.07) is -0.701. The maximum absolute atomic E-state index is 12.6. The van der Waals surface area contributed by atoms with E-state index < -0.39 is 24.0 Å². The van der Waals surface area contributed by atoms with Gasteiger partial charge in [-0.15, -0.1) is 11.8 Å². The van der Waals surface area contributed by atoms with E-state index in [-0.39, 0.29) is 23.6 Å². The van der Waals surface area contributed by atoms with Gasteiger partial charge in [-0.1, -0.05) is 0 Å². The van der Waals surface area contributed by atoms with Crippen molar-refractivity contribution in [2.75, 3.05) is 25.4 Å². The minimum absolute atomic E-state index is 0.125. The standard InChI is InChI=1S/C15H16N4O6S/c16-9-12(21)19-10(14(22)23)8(6-26-13(9)19)5-7-1-2-17(11(7)20)18-3-4-25-15(18)24/h5,9,13H,1-4,6,16H2,(H,22,23)/t9-,13-/m1/s1. The molecule has 4 heterocycles. The van der Waals surface area contributed by atoms with Crippen molar-refractivity contribution in [3.05, 3.63) is 22.9 Å². The number of ether oxygens (including phenoxy) is 1. The van der Waals surface area contributed by atoms with Crippen molar-refractivity contribution in [3.63, 3.8) is 0 Å². The Balaban J connectivity index is 1.62. The number of allylic oxidation sites excluding steroid dienone is 1. The van der Waals surface area contributed by atoms with Crippen LogP contribution in [-0.4, -0.2) is 80.8 Å². The Morgan fingerprint density at radius 1 is 1.27 bits per heavy atom. The Labute approximate surface area is 152 Å². The van der Waals surface area contributed by atoms with Crippen LogP contribution in [0.1, 0.15) is 6.42 Å². The normalized spacial score (nSPS) is 30.1. The molecule has 0 bridgehead atoms. The van der Waals surface area contributed by atoms with Gasteiger partial charge in [0.2, 0.25) is 5.91 Å². The largest absolute Gasteiger partial charge is 0.477 e. The zero-order chi connectivity index (χ0) is 18.6. The second-order valence-electron chi connectivity index (χ2n) is 6.20. The lowest BCUT2D eigenvalue weighted by Gasteiger charge is -2.47. The van der Waals surface area contributed by atoms with Crippen molar-refractivity contribution in [2.45, 2.75) is 17.8 Å². The molecule has 3 amide bonds. The Morgan fingerprint density at radius 2 is 2.04 bits per heavy atom. The number of hydrazine groups is 1. The minimum atomic E-state index is -1.23. The SMILES string of the molecule is N[C@@H]1C(=O)N2C(C(=O)O)=C(C=C3CCN(N4CCOC4=O)C3=O)CS[C@H]12. The summed E-state index contributed by atoms with van der Waals surface area (Å²) in [5.74, 6) is -1.69. The van der Waals surface area contributed by atoms with Crippen LogP contribution < -0.4 is 5.73 Å². The van der Waals surface area contributed by atoms with Crippen molar-refractivity contribution in [3.8, 4) is 0 Å². The predicted octanol–water partition coefficient (Wildman–Crippen LogP) is -0.907. The molecular formula is C15H16N4O6S. The summed E-state index contributed by atoms with van der Waals surface area (Å²) in [6.07, 6.45) is 1.33. The van der Waals surface area contributed by atoms with Crippen molar-refractivity contribution in [1.82, 2.24) is 14.9 Å². The van der Waals surface area contributed by atoms with Crippen LogP contribution in [-0.2, 0) is 19.1 Å². The van der Waals surface area contributed by atoms with E-state index >= 15 is 0 Å². The molecule has 2 atom stereocenters. The van der Waals surface area contributed by atoms with Crippen LogP contribution in [0.5, 0.6) is 0 Å². The Morgan fingerprint density at radius 3 is 2.69 bits per heavy atom. The van der Waals surface area contributed by atoms with E-state index in [1.165, 1.54) is 32.8 Å². The molecule has 4 rings (SSSR count). The number of nitrogens with zero attached hydrogens (tertiary/aromatic N) is 3. The third-order valence-corrected chi connectivity index (χ3v) is 6.05. The summed E-state index contributed by atoms with van der Waals surface area (Å²) in [6.45, 7) is 0.850. The number of carboxylic acids is 1. The van der Waals surface area contributed by atoms with Crippen LogP contribution in [0.4, 0.5) is 4.79 Å². The molecule has 26 heavy (non-hydrogen) atoms. The second-order valence-corrected chi connectivity index (χ2v) is 7.30. The van der Waals surface area contributed by atoms with Gasteiger partial charge in [0.05, 0.1) is 6.54 Å². The van der Waals surface area contributed by atoms with Crippen LogP contribution in [0.2, 0.25) is 0 Å². The Hall–Kier alpha value is -2.53. The van der Waals surface area contributed by atoms with Gasteiger partial charge in [0.25, 0.3) is 5.91 Å². The Bertz CT molecular complexity index is 793. The van der Waals surface area contributed by atoms with Crippen molar-refractivity contribution in [2.24, 2.45) is 5.73 Å². The van der Waals surface area contributed by atoms with Gasteiger partial charge < -0.3 is 15.6 Å². The zero-order valence-electron chi connectivity index (χ0n) is 13.6. The summed E-state index contributed by atoms with van der Waals surface area (Å²) in [5.41, 5.74) is 6.39.